The van der Waals surface area contributed by atoms with Crippen molar-refractivity contribution in [1.82, 2.24) is 14.9 Å². The van der Waals surface area contributed by atoms with Crippen molar-refractivity contribution in [3.63, 3.8) is 0 Å². The summed E-state index contributed by atoms with van der Waals surface area (Å²) in [6, 6.07) is 15.9. The standard InChI is InChI=1S/C24H26N4O3/c1-30-19-10-8-16(9-11-19)13-18-14-22(31-27-18)24(29)28-12-4-5-17(15-28)23-25-20-6-2-3-7-21(20)26-23/h2-3,6-11,17,22H,4-5,12-15H2,1H3,(H,25,26). The van der Waals surface area contributed by atoms with Crippen LogP contribution in [0, 0.1) is 0 Å². The minimum Gasteiger partial charge on any atom is -0.497 e. The molecule has 0 spiro atoms. The fourth-order valence-corrected chi connectivity index (χ4v) is 4.41. The smallest absolute Gasteiger partial charge is 0.266 e. The Hall–Kier alpha value is -3.35. The van der Waals surface area contributed by atoms with Crippen LogP contribution in [0.25, 0.3) is 11.0 Å². The van der Waals surface area contributed by atoms with E-state index in [1.807, 2.05) is 53.4 Å². The van der Waals surface area contributed by atoms with Crippen LogP contribution < -0.4 is 4.74 Å². The van der Waals surface area contributed by atoms with Crippen LogP contribution in [0.2, 0.25) is 0 Å². The average molecular weight is 418 g/mol. The van der Waals surface area contributed by atoms with Gasteiger partial charge in [0.15, 0.2) is 0 Å². The number of imidazole rings is 1. The molecule has 2 unspecified atom stereocenters. The quantitative estimate of drug-likeness (QED) is 0.686. The van der Waals surface area contributed by atoms with Crippen LogP contribution in [-0.2, 0) is 16.1 Å². The molecule has 2 aliphatic rings. The molecule has 5 rings (SSSR count). The molecule has 0 bridgehead atoms. The number of oxime groups is 1. The first-order chi connectivity index (χ1) is 15.2. The number of para-hydroxylation sites is 2. The first-order valence-corrected chi connectivity index (χ1v) is 10.8. The lowest BCUT2D eigenvalue weighted by Gasteiger charge is -2.32. The number of nitrogens with one attached hydrogen (secondary N) is 1. The van der Waals surface area contributed by atoms with Crippen LogP contribution in [0.15, 0.2) is 53.7 Å². The Morgan fingerprint density at radius 1 is 1.23 bits per heavy atom. The van der Waals surface area contributed by atoms with Gasteiger partial charge in [0.1, 0.15) is 11.6 Å². The monoisotopic (exact) mass is 418 g/mol. The fourth-order valence-electron chi connectivity index (χ4n) is 4.41. The summed E-state index contributed by atoms with van der Waals surface area (Å²) in [4.78, 5) is 28.7. The molecule has 3 aromatic rings. The number of amides is 1. The van der Waals surface area contributed by atoms with Gasteiger partial charge >= 0.3 is 0 Å². The highest BCUT2D eigenvalue weighted by molar-refractivity contribution is 5.94. The predicted molar refractivity (Wildman–Crippen MR) is 118 cm³/mol. The third kappa shape index (κ3) is 4.13. The van der Waals surface area contributed by atoms with Crippen molar-refractivity contribution in [2.45, 2.75) is 37.7 Å². The molecule has 2 aromatic carbocycles. The number of benzene rings is 2. The highest BCUT2D eigenvalue weighted by atomic mass is 16.6. The molecule has 7 nitrogen and oxygen atoms in total. The zero-order valence-corrected chi connectivity index (χ0v) is 17.6. The second-order valence-corrected chi connectivity index (χ2v) is 8.24. The van der Waals surface area contributed by atoms with E-state index >= 15 is 0 Å². The lowest BCUT2D eigenvalue weighted by Crippen LogP contribution is -2.44. The lowest BCUT2D eigenvalue weighted by atomic mass is 9.96. The minimum absolute atomic E-state index is 0.0225. The highest BCUT2D eigenvalue weighted by Crippen LogP contribution is 2.28. The van der Waals surface area contributed by atoms with Crippen LogP contribution >= 0.6 is 0 Å². The second kappa shape index (κ2) is 8.41. The molecule has 7 heteroatoms. The topological polar surface area (TPSA) is 79.8 Å². The number of hydrogen-bond donors (Lipinski definition) is 1. The molecule has 0 saturated carbocycles. The van der Waals surface area contributed by atoms with E-state index in [-0.39, 0.29) is 11.8 Å². The van der Waals surface area contributed by atoms with Crippen molar-refractivity contribution in [3.8, 4) is 5.75 Å². The summed E-state index contributed by atoms with van der Waals surface area (Å²) in [7, 11) is 1.65. The number of fused-ring (bicyclic) bond motifs is 1. The Bertz CT molecular complexity index is 1070. The number of piperidine rings is 1. The van der Waals surface area contributed by atoms with Gasteiger partial charge in [-0.3, -0.25) is 4.79 Å². The molecule has 1 aromatic heterocycles. The molecule has 0 radical (unpaired) electrons. The van der Waals surface area contributed by atoms with Gasteiger partial charge in [0.2, 0.25) is 6.10 Å². The zero-order valence-electron chi connectivity index (χ0n) is 17.6. The normalized spacial score (nSPS) is 21.1. The third-order valence-electron chi connectivity index (χ3n) is 6.10. The molecule has 160 valence electrons. The molecule has 2 atom stereocenters. The van der Waals surface area contributed by atoms with Crippen molar-refractivity contribution < 1.29 is 14.4 Å². The number of aromatic nitrogens is 2. The molecule has 1 fully saturated rings. The van der Waals surface area contributed by atoms with E-state index < -0.39 is 6.10 Å². The van der Waals surface area contributed by atoms with Gasteiger partial charge < -0.3 is 19.5 Å². The molecule has 3 heterocycles. The number of likely N-dealkylation sites (tertiary alicyclic amines) is 1. The molecule has 1 amide bonds. The maximum Gasteiger partial charge on any atom is 0.266 e. The lowest BCUT2D eigenvalue weighted by molar-refractivity contribution is -0.143. The summed E-state index contributed by atoms with van der Waals surface area (Å²) in [5.74, 6) is 2.02. The molecular weight excluding hydrogens is 392 g/mol. The molecule has 1 saturated heterocycles. The first-order valence-electron chi connectivity index (χ1n) is 10.8. The van der Waals surface area contributed by atoms with Crippen LogP contribution in [0.5, 0.6) is 5.75 Å². The van der Waals surface area contributed by atoms with E-state index in [9.17, 15) is 4.79 Å². The summed E-state index contributed by atoms with van der Waals surface area (Å²) in [6.07, 6.45) is 2.67. The average Bonchev–Trinajstić information content (AvgIpc) is 3.46. The number of hydrogen-bond acceptors (Lipinski definition) is 5. The van der Waals surface area contributed by atoms with Crippen LogP contribution in [0.4, 0.5) is 0 Å². The number of aromatic amines is 1. The zero-order chi connectivity index (χ0) is 21.2. The Morgan fingerprint density at radius 3 is 2.87 bits per heavy atom. The molecule has 31 heavy (non-hydrogen) atoms. The van der Waals surface area contributed by atoms with Crippen molar-refractivity contribution >= 4 is 22.7 Å². The summed E-state index contributed by atoms with van der Waals surface area (Å²) in [5, 5.41) is 4.20. The molecule has 0 aliphatic carbocycles. The van der Waals surface area contributed by atoms with Gasteiger partial charge in [-0.15, -0.1) is 0 Å². The summed E-state index contributed by atoms with van der Waals surface area (Å²) < 4.78 is 5.20. The largest absolute Gasteiger partial charge is 0.497 e. The molecular formula is C24H26N4O3. The minimum atomic E-state index is -0.525. The van der Waals surface area contributed by atoms with E-state index in [1.165, 1.54) is 0 Å². The number of carbonyl (C=O) groups is 1. The number of carbonyl (C=O) groups excluding carboxylic acids is 1. The van der Waals surface area contributed by atoms with Gasteiger partial charge in [0.05, 0.1) is 23.9 Å². The van der Waals surface area contributed by atoms with Gasteiger partial charge in [0.25, 0.3) is 5.91 Å². The van der Waals surface area contributed by atoms with Gasteiger partial charge in [-0.2, -0.15) is 0 Å². The number of rotatable bonds is 5. The Kier molecular flexibility index (Phi) is 5.32. The maximum absolute atomic E-state index is 13.1. The summed E-state index contributed by atoms with van der Waals surface area (Å²) in [5.41, 5.74) is 4.03. The van der Waals surface area contributed by atoms with Crippen LogP contribution in [0.3, 0.4) is 0 Å². The van der Waals surface area contributed by atoms with Crippen molar-refractivity contribution in [3.05, 3.63) is 59.9 Å². The summed E-state index contributed by atoms with van der Waals surface area (Å²) in [6.45, 7) is 1.41. The van der Waals surface area contributed by atoms with Crippen molar-refractivity contribution in [2.75, 3.05) is 20.2 Å². The molecule has 2 aliphatic heterocycles. The van der Waals surface area contributed by atoms with Crippen LogP contribution in [0.1, 0.15) is 36.6 Å². The highest BCUT2D eigenvalue weighted by Gasteiger charge is 2.35. The van der Waals surface area contributed by atoms with E-state index in [2.05, 4.69) is 10.1 Å². The Balaban J connectivity index is 1.20. The maximum atomic E-state index is 13.1. The van der Waals surface area contributed by atoms with Crippen LogP contribution in [-0.4, -0.2) is 52.8 Å². The Labute approximate surface area is 181 Å². The SMILES string of the molecule is COc1ccc(CC2=NOC(C(=O)N3CCCC(c4nc5ccccc5[nH]4)C3)C2)cc1. The number of ether oxygens (including phenoxy) is 1. The predicted octanol–water partition coefficient (Wildman–Crippen LogP) is 3.67. The first kappa shape index (κ1) is 19.6. The van der Waals surface area contributed by atoms with Crippen molar-refractivity contribution in [1.29, 1.82) is 0 Å². The Morgan fingerprint density at radius 2 is 2.06 bits per heavy atom. The van der Waals surface area contributed by atoms with Gasteiger partial charge in [-0.05, 0) is 42.7 Å². The van der Waals surface area contributed by atoms with E-state index in [0.717, 1.165) is 53.3 Å². The second-order valence-electron chi connectivity index (χ2n) is 8.24. The van der Waals surface area contributed by atoms with E-state index in [0.29, 0.717) is 19.4 Å². The van der Waals surface area contributed by atoms with Crippen molar-refractivity contribution in [2.24, 2.45) is 5.16 Å². The number of nitrogens with zero attached hydrogens (tertiary/aromatic N) is 3. The number of H-pyrrole nitrogens is 1. The fraction of sp³-hybridized carbons (Fsp3) is 0.375. The molecule has 1 N–H and O–H groups in total. The summed E-state index contributed by atoms with van der Waals surface area (Å²) >= 11 is 0. The van der Waals surface area contributed by atoms with Gasteiger partial charge in [-0.1, -0.05) is 29.4 Å². The van der Waals surface area contributed by atoms with E-state index in [4.69, 9.17) is 14.6 Å². The third-order valence-corrected chi connectivity index (χ3v) is 6.10. The van der Waals surface area contributed by atoms with Gasteiger partial charge in [-0.25, -0.2) is 4.98 Å². The van der Waals surface area contributed by atoms with E-state index in [1.54, 1.807) is 7.11 Å². The van der Waals surface area contributed by atoms with Gasteiger partial charge in [0, 0.05) is 31.8 Å². The number of methoxy groups -OCH3 is 1.